The van der Waals surface area contributed by atoms with Crippen molar-refractivity contribution in [3.05, 3.63) is 50.1 Å². The molecule has 0 spiro atoms. The summed E-state index contributed by atoms with van der Waals surface area (Å²) >= 11 is 13.8. The molecular formula is C15H17Cl2NOS. The Balaban J connectivity index is 2.32. The van der Waals surface area contributed by atoms with Gasteiger partial charge in [-0.1, -0.05) is 36.2 Å². The number of ether oxygens (including phenoxy) is 1. The fourth-order valence-electron chi connectivity index (χ4n) is 1.96. The Morgan fingerprint density at radius 2 is 2.05 bits per heavy atom. The first-order valence-corrected chi connectivity index (χ1v) is 8.10. The van der Waals surface area contributed by atoms with Crippen molar-refractivity contribution in [3.63, 3.8) is 0 Å². The highest BCUT2D eigenvalue weighted by molar-refractivity contribution is 7.10. The second-order valence-corrected chi connectivity index (χ2v) is 6.21. The zero-order chi connectivity index (χ0) is 14.5. The largest absolute Gasteiger partial charge is 0.496 e. The first kappa shape index (κ1) is 15.6. The van der Waals surface area contributed by atoms with E-state index < -0.39 is 0 Å². The summed E-state index contributed by atoms with van der Waals surface area (Å²) in [6.45, 7) is 3.08. The Hall–Kier alpha value is -0.740. The van der Waals surface area contributed by atoms with E-state index in [0.717, 1.165) is 24.3 Å². The van der Waals surface area contributed by atoms with Gasteiger partial charge in [0.25, 0.3) is 0 Å². The molecule has 0 aliphatic carbocycles. The van der Waals surface area contributed by atoms with Crippen molar-refractivity contribution in [3.8, 4) is 5.75 Å². The molecule has 1 aromatic carbocycles. The standard InChI is InChI=1S/C15H17Cl2NOS/c1-3-6-18-15(14-8-11(19-2)9-20-14)10-4-5-12(16)13(17)7-10/h4-5,7-9,15,18H,3,6H2,1-2H3. The average Bonchev–Trinajstić information content (AvgIpc) is 2.92. The van der Waals surface area contributed by atoms with Crippen molar-refractivity contribution in [2.75, 3.05) is 13.7 Å². The van der Waals surface area contributed by atoms with Crippen molar-refractivity contribution in [1.29, 1.82) is 0 Å². The SMILES string of the molecule is CCCNC(c1ccc(Cl)c(Cl)c1)c1cc(OC)cs1. The number of hydrogen-bond donors (Lipinski definition) is 1. The van der Waals surface area contributed by atoms with Gasteiger partial charge >= 0.3 is 0 Å². The average molecular weight is 330 g/mol. The summed E-state index contributed by atoms with van der Waals surface area (Å²) in [4.78, 5) is 1.20. The molecule has 0 amide bonds. The predicted octanol–water partition coefficient (Wildman–Crippen LogP) is 5.15. The highest BCUT2D eigenvalue weighted by Crippen LogP contribution is 2.33. The lowest BCUT2D eigenvalue weighted by atomic mass is 10.1. The van der Waals surface area contributed by atoms with E-state index in [1.165, 1.54) is 4.88 Å². The minimum Gasteiger partial charge on any atom is -0.496 e. The number of halogens is 2. The molecule has 108 valence electrons. The molecule has 1 N–H and O–H groups in total. The fraction of sp³-hybridized carbons (Fsp3) is 0.333. The molecule has 0 bridgehead atoms. The van der Waals surface area contributed by atoms with Crippen LogP contribution < -0.4 is 10.1 Å². The Morgan fingerprint density at radius 3 is 2.65 bits per heavy atom. The summed E-state index contributed by atoms with van der Waals surface area (Å²) in [7, 11) is 1.68. The van der Waals surface area contributed by atoms with Crippen molar-refractivity contribution in [2.24, 2.45) is 0 Å². The highest BCUT2D eigenvalue weighted by Gasteiger charge is 2.17. The van der Waals surface area contributed by atoms with Crippen molar-refractivity contribution >= 4 is 34.5 Å². The van der Waals surface area contributed by atoms with Crippen LogP contribution in [0.3, 0.4) is 0 Å². The lowest BCUT2D eigenvalue weighted by Crippen LogP contribution is -2.22. The van der Waals surface area contributed by atoms with Crippen LogP contribution in [-0.2, 0) is 0 Å². The van der Waals surface area contributed by atoms with E-state index in [4.69, 9.17) is 27.9 Å². The molecule has 2 rings (SSSR count). The van der Waals surface area contributed by atoms with Gasteiger partial charge in [-0.15, -0.1) is 11.3 Å². The summed E-state index contributed by atoms with van der Waals surface area (Å²) in [6, 6.07) is 7.93. The van der Waals surface area contributed by atoms with E-state index >= 15 is 0 Å². The lowest BCUT2D eigenvalue weighted by Gasteiger charge is -2.18. The van der Waals surface area contributed by atoms with E-state index in [1.807, 2.05) is 23.6 Å². The van der Waals surface area contributed by atoms with Gasteiger partial charge in [-0.3, -0.25) is 0 Å². The van der Waals surface area contributed by atoms with Gasteiger partial charge in [0.05, 0.1) is 23.2 Å². The molecular weight excluding hydrogens is 313 g/mol. The van der Waals surface area contributed by atoms with Crippen molar-refractivity contribution in [2.45, 2.75) is 19.4 Å². The molecule has 0 aliphatic heterocycles. The van der Waals surface area contributed by atoms with Gasteiger partial charge < -0.3 is 10.1 Å². The Bertz CT molecular complexity index is 571. The third-order valence-electron chi connectivity index (χ3n) is 2.99. The fourth-order valence-corrected chi connectivity index (χ4v) is 3.22. The van der Waals surface area contributed by atoms with Crippen LogP contribution in [-0.4, -0.2) is 13.7 Å². The normalized spacial score (nSPS) is 12.4. The van der Waals surface area contributed by atoms with Crippen LogP contribution in [0.1, 0.15) is 29.8 Å². The Kier molecular flexibility index (Phi) is 5.73. The van der Waals surface area contributed by atoms with E-state index in [9.17, 15) is 0 Å². The van der Waals surface area contributed by atoms with Crippen LogP contribution >= 0.6 is 34.5 Å². The summed E-state index contributed by atoms with van der Waals surface area (Å²) in [5.74, 6) is 0.883. The van der Waals surface area contributed by atoms with Crippen LogP contribution in [0.25, 0.3) is 0 Å². The molecule has 0 fully saturated rings. The molecule has 0 radical (unpaired) electrons. The number of nitrogens with one attached hydrogen (secondary N) is 1. The number of benzene rings is 1. The molecule has 2 nitrogen and oxygen atoms in total. The predicted molar refractivity (Wildman–Crippen MR) is 87.5 cm³/mol. The van der Waals surface area contributed by atoms with Gasteiger partial charge in [0.2, 0.25) is 0 Å². The maximum absolute atomic E-state index is 6.13. The Morgan fingerprint density at radius 1 is 1.25 bits per heavy atom. The van der Waals surface area contributed by atoms with Gasteiger partial charge in [-0.25, -0.2) is 0 Å². The molecule has 2 aromatic rings. The smallest absolute Gasteiger partial charge is 0.129 e. The molecule has 1 unspecified atom stereocenters. The second kappa shape index (κ2) is 7.32. The lowest BCUT2D eigenvalue weighted by molar-refractivity contribution is 0.416. The summed E-state index contributed by atoms with van der Waals surface area (Å²) in [6.07, 6.45) is 1.07. The summed E-state index contributed by atoms with van der Waals surface area (Å²) in [5.41, 5.74) is 1.11. The van der Waals surface area contributed by atoms with Crippen molar-refractivity contribution < 1.29 is 4.74 Å². The van der Waals surface area contributed by atoms with Crippen LogP contribution in [0.15, 0.2) is 29.6 Å². The van der Waals surface area contributed by atoms with E-state index in [-0.39, 0.29) is 6.04 Å². The van der Waals surface area contributed by atoms with Gasteiger partial charge in [0, 0.05) is 10.3 Å². The van der Waals surface area contributed by atoms with Crippen molar-refractivity contribution in [1.82, 2.24) is 5.32 Å². The van der Waals surface area contributed by atoms with Gasteiger partial charge in [0.1, 0.15) is 5.75 Å². The van der Waals surface area contributed by atoms with E-state index in [1.54, 1.807) is 18.4 Å². The van der Waals surface area contributed by atoms with E-state index in [0.29, 0.717) is 10.0 Å². The van der Waals surface area contributed by atoms with Crippen LogP contribution in [0, 0.1) is 0 Å². The molecule has 5 heteroatoms. The van der Waals surface area contributed by atoms with Crippen LogP contribution in [0.2, 0.25) is 10.0 Å². The molecule has 0 saturated carbocycles. The zero-order valence-corrected chi connectivity index (χ0v) is 13.8. The molecule has 1 heterocycles. The molecule has 0 aliphatic rings. The highest BCUT2D eigenvalue weighted by atomic mass is 35.5. The third kappa shape index (κ3) is 3.67. The van der Waals surface area contributed by atoms with Gasteiger partial charge in [0.15, 0.2) is 0 Å². The van der Waals surface area contributed by atoms with Crippen LogP contribution in [0.5, 0.6) is 5.75 Å². The number of thiophene rings is 1. The topological polar surface area (TPSA) is 21.3 Å². The summed E-state index contributed by atoms with van der Waals surface area (Å²) < 4.78 is 5.26. The molecule has 1 aromatic heterocycles. The third-order valence-corrected chi connectivity index (χ3v) is 4.71. The number of rotatable bonds is 6. The number of methoxy groups -OCH3 is 1. The van der Waals surface area contributed by atoms with Gasteiger partial charge in [-0.05, 0) is 36.7 Å². The minimum atomic E-state index is 0.110. The van der Waals surface area contributed by atoms with Gasteiger partial charge in [-0.2, -0.15) is 0 Å². The van der Waals surface area contributed by atoms with Crippen LogP contribution in [0.4, 0.5) is 0 Å². The molecule has 20 heavy (non-hydrogen) atoms. The minimum absolute atomic E-state index is 0.110. The zero-order valence-electron chi connectivity index (χ0n) is 11.5. The maximum atomic E-state index is 6.13. The van der Waals surface area contributed by atoms with E-state index in [2.05, 4.69) is 18.3 Å². The number of hydrogen-bond acceptors (Lipinski definition) is 3. The maximum Gasteiger partial charge on any atom is 0.129 e. The first-order chi connectivity index (χ1) is 9.65. The molecule has 0 saturated heterocycles. The second-order valence-electron chi connectivity index (χ2n) is 4.45. The quantitative estimate of drug-likeness (QED) is 0.790. The summed E-state index contributed by atoms with van der Waals surface area (Å²) in [5, 5.41) is 6.70. The Labute approximate surface area is 133 Å². The molecule has 1 atom stereocenters. The monoisotopic (exact) mass is 329 g/mol. The first-order valence-electron chi connectivity index (χ1n) is 6.46.